The smallest absolute Gasteiger partial charge is 0.254 e. The number of benzene rings is 1. The molecule has 0 spiro atoms. The SMILES string of the molecule is CC1CCN(C(=O)c2ccc(OC3CCC3)cc2)C(CN)C1. The molecule has 0 bridgehead atoms. The van der Waals surface area contributed by atoms with E-state index >= 15 is 0 Å². The van der Waals surface area contributed by atoms with Gasteiger partial charge < -0.3 is 15.4 Å². The van der Waals surface area contributed by atoms with Gasteiger partial charge >= 0.3 is 0 Å². The third-order valence-electron chi connectivity index (χ3n) is 4.97. The normalized spacial score (nSPS) is 25.6. The van der Waals surface area contributed by atoms with Crippen molar-refractivity contribution < 1.29 is 9.53 Å². The van der Waals surface area contributed by atoms with Gasteiger partial charge in [-0.3, -0.25) is 4.79 Å². The zero-order chi connectivity index (χ0) is 15.5. The number of ether oxygens (including phenoxy) is 1. The molecule has 0 aromatic heterocycles. The van der Waals surface area contributed by atoms with Gasteiger partial charge in [-0.2, -0.15) is 0 Å². The molecular weight excluding hydrogens is 276 g/mol. The van der Waals surface area contributed by atoms with Crippen molar-refractivity contribution >= 4 is 5.91 Å². The van der Waals surface area contributed by atoms with Crippen molar-refractivity contribution in [2.24, 2.45) is 11.7 Å². The Bertz CT molecular complexity index is 510. The van der Waals surface area contributed by atoms with Crippen LogP contribution in [-0.2, 0) is 0 Å². The topological polar surface area (TPSA) is 55.6 Å². The zero-order valence-electron chi connectivity index (χ0n) is 13.3. The third kappa shape index (κ3) is 3.27. The Hall–Kier alpha value is -1.55. The van der Waals surface area contributed by atoms with Gasteiger partial charge in [-0.25, -0.2) is 0 Å². The van der Waals surface area contributed by atoms with Crippen LogP contribution in [0, 0.1) is 5.92 Å². The highest BCUT2D eigenvalue weighted by atomic mass is 16.5. The van der Waals surface area contributed by atoms with Crippen LogP contribution in [0.2, 0.25) is 0 Å². The number of nitrogens with two attached hydrogens (primary N) is 1. The van der Waals surface area contributed by atoms with Gasteiger partial charge in [0, 0.05) is 24.7 Å². The fourth-order valence-electron chi connectivity index (χ4n) is 3.27. The molecule has 1 saturated carbocycles. The zero-order valence-corrected chi connectivity index (χ0v) is 13.3. The number of carbonyl (C=O) groups excluding carboxylic acids is 1. The first-order valence-electron chi connectivity index (χ1n) is 8.45. The molecular formula is C18H26N2O2. The molecule has 1 aliphatic heterocycles. The van der Waals surface area contributed by atoms with E-state index in [0.717, 1.165) is 43.5 Å². The Morgan fingerprint density at radius 3 is 2.59 bits per heavy atom. The van der Waals surface area contributed by atoms with E-state index < -0.39 is 0 Å². The number of hydrogen-bond donors (Lipinski definition) is 1. The summed E-state index contributed by atoms with van der Waals surface area (Å²) in [7, 11) is 0. The number of amides is 1. The Labute approximate surface area is 132 Å². The van der Waals surface area contributed by atoms with E-state index in [-0.39, 0.29) is 11.9 Å². The van der Waals surface area contributed by atoms with Crippen LogP contribution in [0.3, 0.4) is 0 Å². The molecule has 0 radical (unpaired) electrons. The first-order chi connectivity index (χ1) is 10.7. The summed E-state index contributed by atoms with van der Waals surface area (Å²) in [5, 5.41) is 0. The molecule has 120 valence electrons. The average molecular weight is 302 g/mol. The summed E-state index contributed by atoms with van der Waals surface area (Å²) in [5.41, 5.74) is 6.59. The van der Waals surface area contributed by atoms with Crippen molar-refractivity contribution in [2.75, 3.05) is 13.1 Å². The van der Waals surface area contributed by atoms with Gasteiger partial charge in [0.25, 0.3) is 5.91 Å². The standard InChI is InChI=1S/C18H26N2O2/c1-13-9-10-20(15(11-13)12-19)18(21)14-5-7-17(8-6-14)22-16-3-2-4-16/h5-8,13,15-16H,2-4,9-12,19H2,1H3. The van der Waals surface area contributed by atoms with Crippen LogP contribution in [0.1, 0.15) is 49.4 Å². The quantitative estimate of drug-likeness (QED) is 0.930. The number of nitrogens with zero attached hydrogens (tertiary/aromatic N) is 1. The summed E-state index contributed by atoms with van der Waals surface area (Å²) < 4.78 is 5.84. The molecule has 4 heteroatoms. The fourth-order valence-corrected chi connectivity index (χ4v) is 3.27. The molecule has 3 rings (SSSR count). The molecule has 1 aromatic rings. The summed E-state index contributed by atoms with van der Waals surface area (Å²) >= 11 is 0. The number of piperidine rings is 1. The Morgan fingerprint density at radius 2 is 2.00 bits per heavy atom. The van der Waals surface area contributed by atoms with Gasteiger partial charge in [0.1, 0.15) is 5.75 Å². The summed E-state index contributed by atoms with van der Waals surface area (Å²) in [6.45, 7) is 3.58. The average Bonchev–Trinajstić information content (AvgIpc) is 2.50. The Balaban J connectivity index is 1.65. The van der Waals surface area contributed by atoms with Crippen molar-refractivity contribution in [3.63, 3.8) is 0 Å². The second kappa shape index (κ2) is 6.69. The maximum Gasteiger partial charge on any atom is 0.254 e. The van der Waals surface area contributed by atoms with Crippen molar-refractivity contribution in [2.45, 2.75) is 51.2 Å². The molecule has 2 unspecified atom stereocenters. The lowest BCUT2D eigenvalue weighted by Crippen LogP contribution is -2.49. The van der Waals surface area contributed by atoms with Gasteiger partial charge in [0.15, 0.2) is 0 Å². The first-order valence-corrected chi connectivity index (χ1v) is 8.45. The van der Waals surface area contributed by atoms with Crippen LogP contribution >= 0.6 is 0 Å². The largest absolute Gasteiger partial charge is 0.490 e. The van der Waals surface area contributed by atoms with E-state index in [1.54, 1.807) is 0 Å². The summed E-state index contributed by atoms with van der Waals surface area (Å²) in [5.74, 6) is 1.61. The van der Waals surface area contributed by atoms with Crippen molar-refractivity contribution in [1.82, 2.24) is 4.90 Å². The van der Waals surface area contributed by atoms with Gasteiger partial charge in [0.05, 0.1) is 6.10 Å². The van der Waals surface area contributed by atoms with Crippen LogP contribution in [0.4, 0.5) is 0 Å². The van der Waals surface area contributed by atoms with Gasteiger partial charge in [0.2, 0.25) is 0 Å². The number of carbonyl (C=O) groups is 1. The molecule has 1 heterocycles. The minimum atomic E-state index is 0.0949. The van der Waals surface area contributed by atoms with Crippen LogP contribution in [0.25, 0.3) is 0 Å². The molecule has 1 amide bonds. The second-order valence-corrected chi connectivity index (χ2v) is 6.71. The molecule has 22 heavy (non-hydrogen) atoms. The summed E-state index contributed by atoms with van der Waals surface area (Å²) in [4.78, 5) is 14.7. The predicted molar refractivity (Wildman–Crippen MR) is 87.0 cm³/mol. The molecule has 2 aliphatic rings. The van der Waals surface area contributed by atoms with Gasteiger partial charge in [-0.15, -0.1) is 0 Å². The minimum absolute atomic E-state index is 0.0949. The predicted octanol–water partition coefficient (Wildman–Crippen LogP) is 2.82. The van der Waals surface area contributed by atoms with Crippen LogP contribution < -0.4 is 10.5 Å². The number of hydrogen-bond acceptors (Lipinski definition) is 3. The highest BCUT2D eigenvalue weighted by molar-refractivity contribution is 5.94. The lowest BCUT2D eigenvalue weighted by molar-refractivity contribution is 0.0573. The number of rotatable bonds is 4. The van der Waals surface area contributed by atoms with Crippen LogP contribution in [0.5, 0.6) is 5.75 Å². The van der Waals surface area contributed by atoms with E-state index in [4.69, 9.17) is 10.5 Å². The number of likely N-dealkylation sites (tertiary alicyclic amines) is 1. The molecule has 2 fully saturated rings. The van der Waals surface area contributed by atoms with Crippen molar-refractivity contribution in [3.05, 3.63) is 29.8 Å². The third-order valence-corrected chi connectivity index (χ3v) is 4.97. The molecule has 1 saturated heterocycles. The van der Waals surface area contributed by atoms with Crippen LogP contribution in [-0.4, -0.2) is 36.0 Å². The van der Waals surface area contributed by atoms with E-state index in [1.165, 1.54) is 6.42 Å². The lowest BCUT2D eigenvalue weighted by atomic mass is 9.92. The highest BCUT2D eigenvalue weighted by Gasteiger charge is 2.29. The molecule has 2 atom stereocenters. The van der Waals surface area contributed by atoms with Gasteiger partial charge in [-0.1, -0.05) is 6.92 Å². The first kappa shape index (κ1) is 15.3. The van der Waals surface area contributed by atoms with Crippen molar-refractivity contribution in [1.29, 1.82) is 0 Å². The Morgan fingerprint density at radius 1 is 1.27 bits per heavy atom. The van der Waals surface area contributed by atoms with E-state index in [0.29, 0.717) is 18.6 Å². The van der Waals surface area contributed by atoms with E-state index in [9.17, 15) is 4.79 Å². The summed E-state index contributed by atoms with van der Waals surface area (Å²) in [6.07, 6.45) is 5.98. The van der Waals surface area contributed by atoms with Crippen molar-refractivity contribution in [3.8, 4) is 5.75 Å². The maximum atomic E-state index is 12.7. The lowest BCUT2D eigenvalue weighted by Gasteiger charge is -2.38. The minimum Gasteiger partial charge on any atom is -0.490 e. The summed E-state index contributed by atoms with van der Waals surface area (Å²) in [6, 6.07) is 7.75. The molecule has 1 aromatic carbocycles. The van der Waals surface area contributed by atoms with E-state index in [2.05, 4.69) is 6.92 Å². The van der Waals surface area contributed by atoms with Crippen LogP contribution in [0.15, 0.2) is 24.3 Å². The molecule has 4 nitrogen and oxygen atoms in total. The van der Waals surface area contributed by atoms with Gasteiger partial charge in [-0.05, 0) is 62.3 Å². The monoisotopic (exact) mass is 302 g/mol. The highest BCUT2D eigenvalue weighted by Crippen LogP contribution is 2.27. The molecule has 2 N–H and O–H groups in total. The maximum absolute atomic E-state index is 12.7. The Kier molecular flexibility index (Phi) is 4.67. The molecule has 1 aliphatic carbocycles. The fraction of sp³-hybridized carbons (Fsp3) is 0.611. The second-order valence-electron chi connectivity index (χ2n) is 6.71. The van der Waals surface area contributed by atoms with E-state index in [1.807, 2.05) is 29.2 Å².